The van der Waals surface area contributed by atoms with Crippen LogP contribution in [0.15, 0.2) is 27.9 Å². The molecule has 0 spiro atoms. The highest BCUT2D eigenvalue weighted by molar-refractivity contribution is 6.45. The zero-order valence-corrected chi connectivity index (χ0v) is 6.62. The first-order chi connectivity index (χ1) is 5.34. The second kappa shape index (κ2) is 3.81. The number of rotatable bonds is 1. The Morgan fingerprint density at radius 1 is 1.64 bits per heavy atom. The van der Waals surface area contributed by atoms with Gasteiger partial charge in [0, 0.05) is 19.2 Å². The van der Waals surface area contributed by atoms with Crippen LogP contribution in [0.5, 0.6) is 0 Å². The zero-order valence-electron chi connectivity index (χ0n) is 6.62. The number of hydrogen-bond acceptors (Lipinski definition) is 3. The van der Waals surface area contributed by atoms with E-state index in [4.69, 9.17) is 0 Å². The normalized spacial score (nSPS) is 17.9. The molecule has 0 saturated heterocycles. The van der Waals surface area contributed by atoms with Gasteiger partial charge >= 0.3 is 0 Å². The Morgan fingerprint density at radius 3 is 3.18 bits per heavy atom. The maximum absolute atomic E-state index is 4.26. The molecule has 0 aromatic carbocycles. The van der Waals surface area contributed by atoms with Gasteiger partial charge in [-0.2, -0.15) is 10.2 Å². The summed E-state index contributed by atoms with van der Waals surface area (Å²) in [5.74, 6) is 0. The molecule has 58 valence electrons. The van der Waals surface area contributed by atoms with Gasteiger partial charge in [-0.05, 0) is 13.0 Å². The van der Waals surface area contributed by atoms with Crippen molar-refractivity contribution in [2.45, 2.75) is 13.3 Å². The second-order valence-electron chi connectivity index (χ2n) is 2.24. The molecule has 0 atom stereocenters. The SMILES string of the molecule is C=CC1=NCCC=NN=C1C. The van der Waals surface area contributed by atoms with Crippen LogP contribution in [-0.4, -0.2) is 24.2 Å². The quantitative estimate of drug-likeness (QED) is 0.541. The molecule has 1 heterocycles. The van der Waals surface area contributed by atoms with Crippen LogP contribution >= 0.6 is 0 Å². The third-order valence-electron chi connectivity index (χ3n) is 1.39. The minimum atomic E-state index is 0.776. The van der Waals surface area contributed by atoms with Gasteiger partial charge in [0.25, 0.3) is 0 Å². The van der Waals surface area contributed by atoms with E-state index in [9.17, 15) is 0 Å². The molecule has 0 aromatic rings. The number of nitrogens with zero attached hydrogens (tertiary/aromatic N) is 3. The lowest BCUT2D eigenvalue weighted by atomic mass is 10.2. The lowest BCUT2D eigenvalue weighted by Gasteiger charge is -2.00. The van der Waals surface area contributed by atoms with Crippen molar-refractivity contribution in [3.63, 3.8) is 0 Å². The van der Waals surface area contributed by atoms with Gasteiger partial charge in [0.1, 0.15) is 0 Å². The Kier molecular flexibility index (Phi) is 2.72. The van der Waals surface area contributed by atoms with Crippen molar-refractivity contribution in [3.05, 3.63) is 12.7 Å². The Balaban J connectivity index is 2.88. The van der Waals surface area contributed by atoms with Crippen LogP contribution in [0.2, 0.25) is 0 Å². The summed E-state index contributed by atoms with van der Waals surface area (Å²) in [5.41, 5.74) is 1.68. The van der Waals surface area contributed by atoms with Crippen molar-refractivity contribution in [1.82, 2.24) is 0 Å². The van der Waals surface area contributed by atoms with Gasteiger partial charge in [0.2, 0.25) is 0 Å². The van der Waals surface area contributed by atoms with E-state index >= 15 is 0 Å². The average molecular weight is 149 g/mol. The van der Waals surface area contributed by atoms with Crippen LogP contribution in [0.3, 0.4) is 0 Å². The molecule has 0 N–H and O–H groups in total. The fourth-order valence-corrected chi connectivity index (χ4v) is 0.806. The predicted molar refractivity (Wildman–Crippen MR) is 48.7 cm³/mol. The lowest BCUT2D eigenvalue weighted by molar-refractivity contribution is 1.04. The molecule has 0 amide bonds. The van der Waals surface area contributed by atoms with Gasteiger partial charge in [-0.1, -0.05) is 6.58 Å². The largest absolute Gasteiger partial charge is 0.283 e. The monoisotopic (exact) mass is 149 g/mol. The first-order valence-electron chi connectivity index (χ1n) is 3.58. The molecule has 0 radical (unpaired) electrons. The van der Waals surface area contributed by atoms with Crippen LogP contribution in [-0.2, 0) is 0 Å². The third kappa shape index (κ3) is 2.11. The molecule has 0 saturated carbocycles. The zero-order chi connectivity index (χ0) is 8.10. The molecule has 3 nitrogen and oxygen atoms in total. The van der Waals surface area contributed by atoms with Crippen molar-refractivity contribution < 1.29 is 0 Å². The molecule has 0 aromatic heterocycles. The Hall–Kier alpha value is -1.25. The van der Waals surface area contributed by atoms with Crippen LogP contribution < -0.4 is 0 Å². The summed E-state index contributed by atoms with van der Waals surface area (Å²) in [5, 5.41) is 7.76. The summed E-state index contributed by atoms with van der Waals surface area (Å²) >= 11 is 0. The van der Waals surface area contributed by atoms with Crippen molar-refractivity contribution in [3.8, 4) is 0 Å². The molecule has 0 fully saturated rings. The second-order valence-corrected chi connectivity index (χ2v) is 2.24. The first-order valence-corrected chi connectivity index (χ1v) is 3.58. The molecule has 0 bridgehead atoms. The van der Waals surface area contributed by atoms with Gasteiger partial charge in [0.05, 0.1) is 11.4 Å². The summed E-state index contributed by atoms with van der Waals surface area (Å²) in [6.45, 7) is 6.30. The molecular weight excluding hydrogens is 138 g/mol. The van der Waals surface area contributed by atoms with Crippen molar-refractivity contribution in [2.24, 2.45) is 15.2 Å². The standard InChI is InChI=1S/C8H11N3/c1-3-8-7(2)11-10-6-4-5-9-8/h3,6H,1,4-5H2,2H3. The van der Waals surface area contributed by atoms with Gasteiger partial charge < -0.3 is 0 Å². The summed E-state index contributed by atoms with van der Waals surface area (Å²) in [6, 6.07) is 0. The van der Waals surface area contributed by atoms with E-state index in [-0.39, 0.29) is 0 Å². The van der Waals surface area contributed by atoms with E-state index < -0.39 is 0 Å². The fraction of sp³-hybridized carbons (Fsp3) is 0.375. The van der Waals surface area contributed by atoms with Crippen LogP contribution in [0.25, 0.3) is 0 Å². The van der Waals surface area contributed by atoms with Gasteiger partial charge in [-0.25, -0.2) is 0 Å². The van der Waals surface area contributed by atoms with Crippen molar-refractivity contribution in [1.29, 1.82) is 0 Å². The fourth-order valence-electron chi connectivity index (χ4n) is 0.806. The smallest absolute Gasteiger partial charge is 0.0850 e. The average Bonchev–Trinajstić information content (AvgIpc) is 1.98. The highest BCUT2D eigenvalue weighted by Gasteiger charge is 1.98. The van der Waals surface area contributed by atoms with Crippen molar-refractivity contribution >= 4 is 17.6 Å². The molecule has 1 rings (SSSR count). The van der Waals surface area contributed by atoms with E-state index in [1.54, 1.807) is 12.3 Å². The van der Waals surface area contributed by atoms with Gasteiger partial charge in [0.15, 0.2) is 0 Å². The Morgan fingerprint density at radius 2 is 2.45 bits per heavy atom. The number of hydrogen-bond donors (Lipinski definition) is 0. The predicted octanol–water partition coefficient (Wildman–Crippen LogP) is 1.46. The van der Waals surface area contributed by atoms with E-state index in [0.29, 0.717) is 0 Å². The van der Waals surface area contributed by atoms with E-state index in [2.05, 4.69) is 21.8 Å². The van der Waals surface area contributed by atoms with Crippen LogP contribution in [0.1, 0.15) is 13.3 Å². The highest BCUT2D eigenvalue weighted by Crippen LogP contribution is 1.93. The maximum Gasteiger partial charge on any atom is 0.0850 e. The summed E-state index contributed by atoms with van der Waals surface area (Å²) in [4.78, 5) is 4.26. The Bertz CT molecular complexity index is 236. The first kappa shape index (κ1) is 7.85. The summed E-state index contributed by atoms with van der Waals surface area (Å²) < 4.78 is 0. The van der Waals surface area contributed by atoms with Gasteiger partial charge in [-0.3, -0.25) is 4.99 Å². The third-order valence-corrected chi connectivity index (χ3v) is 1.39. The number of aliphatic imine (C=N–C) groups is 1. The topological polar surface area (TPSA) is 37.1 Å². The van der Waals surface area contributed by atoms with Crippen molar-refractivity contribution in [2.75, 3.05) is 6.54 Å². The number of allylic oxidation sites excluding steroid dienone is 1. The minimum absolute atomic E-state index is 0.776. The molecule has 1 aliphatic heterocycles. The molecule has 0 unspecified atom stereocenters. The van der Waals surface area contributed by atoms with Crippen LogP contribution in [0.4, 0.5) is 0 Å². The molecule has 3 heteroatoms. The van der Waals surface area contributed by atoms with Gasteiger partial charge in [-0.15, -0.1) is 0 Å². The molecule has 11 heavy (non-hydrogen) atoms. The minimum Gasteiger partial charge on any atom is -0.283 e. The Labute approximate surface area is 66.3 Å². The molecular formula is C8H11N3. The summed E-state index contributed by atoms with van der Waals surface area (Å²) in [6.07, 6.45) is 4.33. The van der Waals surface area contributed by atoms with E-state index in [1.807, 2.05) is 6.92 Å². The van der Waals surface area contributed by atoms with Crippen LogP contribution in [0, 0.1) is 0 Å². The van der Waals surface area contributed by atoms with E-state index in [1.165, 1.54) is 0 Å². The highest BCUT2D eigenvalue weighted by atomic mass is 15.2. The lowest BCUT2D eigenvalue weighted by Crippen LogP contribution is -2.08. The molecule has 0 aliphatic carbocycles. The van der Waals surface area contributed by atoms with E-state index in [0.717, 1.165) is 24.4 Å². The summed E-state index contributed by atoms with van der Waals surface area (Å²) in [7, 11) is 0. The maximum atomic E-state index is 4.26. The molecule has 1 aliphatic rings.